The first-order chi connectivity index (χ1) is 29.0. The van der Waals surface area contributed by atoms with Crippen LogP contribution in [-0.4, -0.2) is 15.0 Å². The number of rotatable bonds is 4. The van der Waals surface area contributed by atoms with Gasteiger partial charge in [0.25, 0.3) is 0 Å². The van der Waals surface area contributed by atoms with Crippen molar-refractivity contribution in [1.82, 2.24) is 15.0 Å². The molecule has 1 aliphatic heterocycles. The Morgan fingerprint density at radius 3 is 1.64 bits per heavy atom. The van der Waals surface area contributed by atoms with Crippen molar-refractivity contribution in [1.29, 1.82) is 0 Å². The Morgan fingerprint density at radius 1 is 0.339 bits per heavy atom. The molecular weight excluding hydrogens is 723 g/mol. The van der Waals surface area contributed by atoms with E-state index >= 15 is 0 Å². The largest absolute Gasteiger partial charge is 0.449 e. The summed E-state index contributed by atoms with van der Waals surface area (Å²) in [6.07, 6.45) is 0. The highest BCUT2D eigenvalue weighted by molar-refractivity contribution is 6.25. The molecule has 0 saturated carbocycles. The number of fused-ring (bicyclic) bond motifs is 11. The molecule has 0 spiro atoms. The zero-order valence-electron chi connectivity index (χ0n) is 32.4. The van der Waals surface area contributed by atoms with Crippen molar-refractivity contribution >= 4 is 32.3 Å². The van der Waals surface area contributed by atoms with Gasteiger partial charge in [0.1, 0.15) is 0 Å². The van der Waals surface area contributed by atoms with Gasteiger partial charge in [-0.05, 0) is 84.4 Å². The van der Waals surface area contributed by atoms with Gasteiger partial charge in [0.05, 0.1) is 0 Å². The van der Waals surface area contributed by atoms with Crippen LogP contribution in [0.4, 0.5) is 0 Å². The van der Waals surface area contributed by atoms with Gasteiger partial charge in [-0.15, -0.1) is 0 Å². The van der Waals surface area contributed by atoms with Gasteiger partial charge in [-0.25, -0.2) is 15.0 Å². The molecule has 12 rings (SSSR count). The molecule has 278 valence electrons. The molecule has 2 aliphatic rings. The number of nitrogens with zero attached hydrogens (tertiary/aromatic N) is 3. The number of hydrogen-bond donors (Lipinski definition) is 0. The van der Waals surface area contributed by atoms with Crippen LogP contribution in [0.1, 0.15) is 25.0 Å². The van der Waals surface area contributed by atoms with Crippen molar-refractivity contribution in [3.63, 3.8) is 0 Å². The minimum Gasteiger partial charge on any atom is -0.449 e. The van der Waals surface area contributed by atoms with Crippen molar-refractivity contribution in [3.05, 3.63) is 187 Å². The number of para-hydroxylation sites is 1. The number of ether oxygens (including phenoxy) is 2. The quantitative estimate of drug-likeness (QED) is 0.167. The van der Waals surface area contributed by atoms with Gasteiger partial charge >= 0.3 is 0 Å². The molecule has 0 amide bonds. The molecule has 2 heterocycles. The fraction of sp³-hybridized carbons (Fsp3) is 0.0556. The van der Waals surface area contributed by atoms with Crippen LogP contribution < -0.4 is 9.47 Å². The fourth-order valence-electron chi connectivity index (χ4n) is 9.31. The predicted molar refractivity (Wildman–Crippen MR) is 238 cm³/mol. The zero-order valence-corrected chi connectivity index (χ0v) is 32.4. The molecule has 0 bridgehead atoms. The van der Waals surface area contributed by atoms with E-state index in [9.17, 15) is 0 Å². The van der Waals surface area contributed by atoms with Crippen molar-refractivity contribution in [2.24, 2.45) is 0 Å². The van der Waals surface area contributed by atoms with Crippen LogP contribution in [0, 0.1) is 0 Å². The normalized spacial score (nSPS) is 13.3. The third-order valence-electron chi connectivity index (χ3n) is 12.2. The second kappa shape index (κ2) is 12.7. The van der Waals surface area contributed by atoms with Crippen LogP contribution in [-0.2, 0) is 5.41 Å². The van der Waals surface area contributed by atoms with Crippen molar-refractivity contribution < 1.29 is 9.47 Å². The van der Waals surface area contributed by atoms with E-state index in [2.05, 4.69) is 135 Å². The second-order valence-electron chi connectivity index (χ2n) is 15.9. The van der Waals surface area contributed by atoms with E-state index in [4.69, 9.17) is 24.4 Å². The first-order valence-corrected chi connectivity index (χ1v) is 20.0. The SMILES string of the molecule is CC1(C)c2ccccc2-c2cc3c(cc21)Oc1c(cccc1-c1ccccc1-c1nc(-c2ccccc2)nc(-c2ccc4c5ccccc5c5ccccc5c4c2)n1)O3. The molecule has 9 aromatic carbocycles. The summed E-state index contributed by atoms with van der Waals surface area (Å²) in [7, 11) is 0. The first kappa shape index (κ1) is 33.5. The predicted octanol–water partition coefficient (Wildman–Crippen LogP) is 14.2. The average Bonchev–Trinajstić information content (AvgIpc) is 3.52. The van der Waals surface area contributed by atoms with Crippen LogP contribution >= 0.6 is 0 Å². The molecule has 5 heteroatoms. The maximum absolute atomic E-state index is 6.89. The topological polar surface area (TPSA) is 57.1 Å². The number of benzene rings is 9. The molecule has 5 nitrogen and oxygen atoms in total. The van der Waals surface area contributed by atoms with Gasteiger partial charge in [-0.2, -0.15) is 0 Å². The Kier molecular flexibility index (Phi) is 7.20. The third-order valence-corrected chi connectivity index (χ3v) is 12.2. The van der Waals surface area contributed by atoms with Crippen LogP contribution in [0.5, 0.6) is 23.0 Å². The summed E-state index contributed by atoms with van der Waals surface area (Å²) in [5.41, 5.74) is 9.29. The fourth-order valence-corrected chi connectivity index (χ4v) is 9.31. The first-order valence-electron chi connectivity index (χ1n) is 20.0. The molecule has 0 fully saturated rings. The lowest BCUT2D eigenvalue weighted by atomic mass is 9.82. The average molecular weight is 758 g/mol. The molecule has 0 radical (unpaired) electrons. The summed E-state index contributed by atoms with van der Waals surface area (Å²) in [5.74, 6) is 4.50. The van der Waals surface area contributed by atoms with Gasteiger partial charge in [0, 0.05) is 27.7 Å². The standard InChI is InChI=1S/C54H35N3O2/c1-54(2)45-25-13-12-22-40(45)44-30-48-49(31-46(44)54)59-50-41(24-14-26-47(50)58-48)38-21-10-11-23-42(38)53-56-51(32-15-4-3-5-16-32)55-52(57-53)33-27-28-39-36-19-7-6-17-34(36)35-18-8-9-20-37(35)43(39)29-33/h3-31H,1-2H3. The van der Waals surface area contributed by atoms with E-state index in [1.807, 2.05) is 54.6 Å². The maximum Gasteiger partial charge on any atom is 0.177 e. The monoisotopic (exact) mass is 757 g/mol. The molecule has 1 aromatic heterocycles. The van der Waals surface area contributed by atoms with E-state index in [1.165, 1.54) is 49.2 Å². The Hall–Kier alpha value is -7.63. The highest BCUT2D eigenvalue weighted by Crippen LogP contribution is 2.56. The number of aromatic nitrogens is 3. The molecular formula is C54H35N3O2. The molecule has 59 heavy (non-hydrogen) atoms. The van der Waals surface area contributed by atoms with E-state index in [1.54, 1.807) is 0 Å². The van der Waals surface area contributed by atoms with Crippen LogP contribution in [0.15, 0.2) is 176 Å². The van der Waals surface area contributed by atoms with Crippen LogP contribution in [0.2, 0.25) is 0 Å². The molecule has 0 saturated heterocycles. The van der Waals surface area contributed by atoms with Gasteiger partial charge in [0.15, 0.2) is 40.5 Å². The van der Waals surface area contributed by atoms with Crippen LogP contribution in [0.3, 0.4) is 0 Å². The van der Waals surface area contributed by atoms with E-state index in [0.29, 0.717) is 40.5 Å². The smallest absolute Gasteiger partial charge is 0.177 e. The highest BCUT2D eigenvalue weighted by atomic mass is 16.6. The minimum absolute atomic E-state index is 0.171. The van der Waals surface area contributed by atoms with Crippen LogP contribution in [0.25, 0.3) is 88.7 Å². The third kappa shape index (κ3) is 5.14. The van der Waals surface area contributed by atoms with Crippen molar-refractivity contribution in [2.45, 2.75) is 19.3 Å². The van der Waals surface area contributed by atoms with Crippen molar-refractivity contribution in [2.75, 3.05) is 0 Å². The zero-order chi connectivity index (χ0) is 39.2. The van der Waals surface area contributed by atoms with Gasteiger partial charge < -0.3 is 9.47 Å². The van der Waals surface area contributed by atoms with E-state index < -0.39 is 0 Å². The summed E-state index contributed by atoms with van der Waals surface area (Å²) < 4.78 is 13.6. The van der Waals surface area contributed by atoms with Crippen molar-refractivity contribution in [3.8, 4) is 79.4 Å². The molecule has 0 atom stereocenters. The molecule has 0 unspecified atom stereocenters. The summed E-state index contributed by atoms with van der Waals surface area (Å²) in [4.78, 5) is 15.6. The van der Waals surface area contributed by atoms with Gasteiger partial charge in [0.2, 0.25) is 0 Å². The Bertz CT molecular complexity index is 3340. The lowest BCUT2D eigenvalue weighted by Crippen LogP contribution is -2.15. The van der Waals surface area contributed by atoms with Gasteiger partial charge in [-0.3, -0.25) is 0 Å². The lowest BCUT2D eigenvalue weighted by Gasteiger charge is -2.26. The summed E-state index contributed by atoms with van der Waals surface area (Å²) >= 11 is 0. The van der Waals surface area contributed by atoms with E-state index in [0.717, 1.165) is 33.2 Å². The minimum atomic E-state index is -0.171. The molecule has 0 N–H and O–H groups in total. The summed E-state index contributed by atoms with van der Waals surface area (Å²) in [5, 5.41) is 7.24. The highest BCUT2D eigenvalue weighted by Gasteiger charge is 2.38. The lowest BCUT2D eigenvalue weighted by molar-refractivity contribution is 0.360. The Labute approximate surface area is 341 Å². The second-order valence-corrected chi connectivity index (χ2v) is 15.9. The molecule has 1 aliphatic carbocycles. The van der Waals surface area contributed by atoms with E-state index in [-0.39, 0.29) is 5.41 Å². The maximum atomic E-state index is 6.89. The number of hydrogen-bond acceptors (Lipinski definition) is 5. The Morgan fingerprint density at radius 2 is 0.898 bits per heavy atom. The van der Waals surface area contributed by atoms with Gasteiger partial charge in [-0.1, -0.05) is 166 Å². The summed E-state index contributed by atoms with van der Waals surface area (Å²) in [6, 6.07) is 61.2. The molecule has 10 aromatic rings. The summed E-state index contributed by atoms with van der Waals surface area (Å²) in [6.45, 7) is 4.55. The Balaban J connectivity index is 1.01.